The maximum atomic E-state index is 12.6. The number of urea groups is 1. The van der Waals surface area contributed by atoms with E-state index in [1.807, 2.05) is 36.9 Å². The topological polar surface area (TPSA) is 67.3 Å². The smallest absolute Gasteiger partial charge is 0.318 e. The van der Waals surface area contributed by atoms with E-state index in [9.17, 15) is 4.79 Å². The number of nitrogens with zero attached hydrogens (tertiary/aromatic N) is 3. The van der Waals surface area contributed by atoms with Crippen LogP contribution in [-0.2, 0) is 6.54 Å². The van der Waals surface area contributed by atoms with Crippen LogP contribution >= 0.6 is 0 Å². The molecular formula is C19H24N4O2. The van der Waals surface area contributed by atoms with Crippen LogP contribution in [0.1, 0.15) is 42.9 Å². The van der Waals surface area contributed by atoms with Crippen LogP contribution in [0.5, 0.6) is 5.75 Å². The van der Waals surface area contributed by atoms with Gasteiger partial charge in [0.05, 0.1) is 24.9 Å². The number of nitrogens with one attached hydrogen (secondary N) is 1. The standard InChI is InChI=1S/C19H24N4O2/c1-3-25-17-8-6-15(7-9-17)18-5-4-12-23(18)19(24)21-13-16-10-11-20-14(2)22-16/h6-11,18H,3-5,12-13H2,1-2H3,(H,21,24). The molecule has 0 spiro atoms. The number of aryl methyl sites for hydroxylation is 1. The second-order valence-electron chi connectivity index (χ2n) is 6.11. The van der Waals surface area contributed by atoms with E-state index < -0.39 is 0 Å². The molecule has 25 heavy (non-hydrogen) atoms. The third kappa shape index (κ3) is 4.26. The molecule has 132 valence electrons. The summed E-state index contributed by atoms with van der Waals surface area (Å²) in [5.74, 6) is 1.57. The van der Waals surface area contributed by atoms with Crippen molar-refractivity contribution in [2.45, 2.75) is 39.3 Å². The van der Waals surface area contributed by atoms with Crippen LogP contribution in [0.3, 0.4) is 0 Å². The van der Waals surface area contributed by atoms with Crippen LogP contribution in [0.4, 0.5) is 4.79 Å². The minimum Gasteiger partial charge on any atom is -0.494 e. The number of likely N-dealkylation sites (tertiary alicyclic amines) is 1. The van der Waals surface area contributed by atoms with Crippen LogP contribution < -0.4 is 10.1 Å². The van der Waals surface area contributed by atoms with E-state index in [1.165, 1.54) is 0 Å². The number of ether oxygens (including phenoxy) is 1. The van der Waals surface area contributed by atoms with Gasteiger partial charge in [-0.1, -0.05) is 12.1 Å². The fraction of sp³-hybridized carbons (Fsp3) is 0.421. The zero-order valence-electron chi connectivity index (χ0n) is 14.7. The molecule has 1 N–H and O–H groups in total. The van der Waals surface area contributed by atoms with Crippen LogP contribution in [0, 0.1) is 6.92 Å². The van der Waals surface area contributed by atoms with Gasteiger partial charge in [0.25, 0.3) is 0 Å². The molecule has 0 radical (unpaired) electrons. The highest BCUT2D eigenvalue weighted by Gasteiger charge is 2.29. The summed E-state index contributed by atoms with van der Waals surface area (Å²) in [6.07, 6.45) is 3.70. The minimum atomic E-state index is -0.0485. The van der Waals surface area contributed by atoms with Gasteiger partial charge >= 0.3 is 6.03 Å². The highest BCUT2D eigenvalue weighted by molar-refractivity contribution is 5.75. The molecule has 1 saturated heterocycles. The Morgan fingerprint density at radius 2 is 2.12 bits per heavy atom. The van der Waals surface area contributed by atoms with E-state index in [2.05, 4.69) is 27.4 Å². The predicted octanol–water partition coefficient (Wildman–Crippen LogP) is 3.23. The van der Waals surface area contributed by atoms with Crippen LogP contribution in [0.25, 0.3) is 0 Å². The SMILES string of the molecule is CCOc1ccc(C2CCCN2C(=O)NCc2ccnc(C)n2)cc1. The molecule has 1 aromatic heterocycles. The van der Waals surface area contributed by atoms with Crippen molar-refractivity contribution < 1.29 is 9.53 Å². The summed E-state index contributed by atoms with van der Waals surface area (Å²) < 4.78 is 5.49. The van der Waals surface area contributed by atoms with Gasteiger partial charge in [-0.2, -0.15) is 0 Å². The summed E-state index contributed by atoms with van der Waals surface area (Å²) in [5.41, 5.74) is 1.96. The Balaban J connectivity index is 1.63. The van der Waals surface area contributed by atoms with E-state index in [-0.39, 0.29) is 12.1 Å². The zero-order valence-corrected chi connectivity index (χ0v) is 14.7. The molecule has 6 nitrogen and oxygen atoms in total. The molecule has 0 saturated carbocycles. The predicted molar refractivity (Wildman–Crippen MR) is 95.3 cm³/mol. The summed E-state index contributed by atoms with van der Waals surface area (Å²) in [6.45, 7) is 5.64. The average molecular weight is 340 g/mol. The number of carbonyl (C=O) groups is 1. The Morgan fingerprint density at radius 3 is 2.84 bits per heavy atom. The van der Waals surface area contributed by atoms with Gasteiger partial charge in [0, 0.05) is 12.7 Å². The van der Waals surface area contributed by atoms with E-state index in [0.29, 0.717) is 19.0 Å². The largest absolute Gasteiger partial charge is 0.494 e. The van der Waals surface area contributed by atoms with Gasteiger partial charge in [-0.25, -0.2) is 14.8 Å². The second kappa shape index (κ2) is 7.96. The molecule has 2 amide bonds. The first-order chi connectivity index (χ1) is 12.2. The molecule has 2 aromatic rings. The number of amides is 2. The van der Waals surface area contributed by atoms with Crippen molar-refractivity contribution in [3.63, 3.8) is 0 Å². The van der Waals surface area contributed by atoms with Crippen molar-refractivity contribution >= 4 is 6.03 Å². The Labute approximate surface area is 148 Å². The van der Waals surface area contributed by atoms with Crippen LogP contribution in [0.2, 0.25) is 0 Å². The Bertz CT molecular complexity index is 718. The van der Waals surface area contributed by atoms with Crippen LogP contribution in [0.15, 0.2) is 36.5 Å². The van der Waals surface area contributed by atoms with Gasteiger partial charge < -0.3 is 15.0 Å². The van der Waals surface area contributed by atoms with E-state index in [1.54, 1.807) is 6.20 Å². The summed E-state index contributed by atoms with van der Waals surface area (Å²) in [5, 5.41) is 2.97. The summed E-state index contributed by atoms with van der Waals surface area (Å²) in [7, 11) is 0. The fourth-order valence-corrected chi connectivity index (χ4v) is 3.18. The third-order valence-electron chi connectivity index (χ3n) is 4.34. The van der Waals surface area contributed by atoms with Gasteiger partial charge in [-0.05, 0) is 50.5 Å². The van der Waals surface area contributed by atoms with Gasteiger partial charge in [-0.15, -0.1) is 0 Å². The van der Waals surface area contributed by atoms with Crippen molar-refractivity contribution in [1.29, 1.82) is 0 Å². The molecule has 2 heterocycles. The highest BCUT2D eigenvalue weighted by Crippen LogP contribution is 2.32. The first kappa shape index (κ1) is 17.2. The van der Waals surface area contributed by atoms with E-state index in [4.69, 9.17) is 4.74 Å². The van der Waals surface area contributed by atoms with Crippen molar-refractivity contribution in [2.24, 2.45) is 0 Å². The van der Waals surface area contributed by atoms with Gasteiger partial charge in [0.2, 0.25) is 0 Å². The molecule has 1 aliphatic heterocycles. The fourth-order valence-electron chi connectivity index (χ4n) is 3.18. The second-order valence-corrected chi connectivity index (χ2v) is 6.11. The molecule has 1 aliphatic rings. The van der Waals surface area contributed by atoms with Crippen LogP contribution in [-0.4, -0.2) is 34.1 Å². The lowest BCUT2D eigenvalue weighted by atomic mass is 10.0. The average Bonchev–Trinajstić information content (AvgIpc) is 3.10. The Hall–Kier alpha value is -2.63. The molecular weight excluding hydrogens is 316 g/mol. The number of rotatable bonds is 5. The zero-order chi connectivity index (χ0) is 17.6. The van der Waals surface area contributed by atoms with Crippen molar-refractivity contribution in [1.82, 2.24) is 20.2 Å². The molecule has 0 bridgehead atoms. The lowest BCUT2D eigenvalue weighted by Gasteiger charge is -2.25. The van der Waals surface area contributed by atoms with Crippen molar-refractivity contribution in [3.8, 4) is 5.75 Å². The van der Waals surface area contributed by atoms with Gasteiger partial charge in [-0.3, -0.25) is 0 Å². The molecule has 1 unspecified atom stereocenters. The molecule has 1 fully saturated rings. The third-order valence-corrected chi connectivity index (χ3v) is 4.34. The summed E-state index contributed by atoms with van der Waals surface area (Å²) >= 11 is 0. The minimum absolute atomic E-state index is 0.0485. The van der Waals surface area contributed by atoms with Gasteiger partial charge in [0.15, 0.2) is 0 Å². The van der Waals surface area contributed by atoms with E-state index >= 15 is 0 Å². The highest BCUT2D eigenvalue weighted by atomic mass is 16.5. The number of benzene rings is 1. The van der Waals surface area contributed by atoms with Gasteiger partial charge in [0.1, 0.15) is 11.6 Å². The quantitative estimate of drug-likeness (QED) is 0.907. The lowest BCUT2D eigenvalue weighted by molar-refractivity contribution is 0.192. The maximum Gasteiger partial charge on any atom is 0.318 e. The monoisotopic (exact) mass is 340 g/mol. The molecule has 6 heteroatoms. The van der Waals surface area contributed by atoms with Crippen molar-refractivity contribution in [2.75, 3.05) is 13.2 Å². The normalized spacial score (nSPS) is 16.7. The van der Waals surface area contributed by atoms with E-state index in [0.717, 1.165) is 36.4 Å². The number of hydrogen-bond acceptors (Lipinski definition) is 4. The molecule has 0 aliphatic carbocycles. The summed E-state index contributed by atoms with van der Waals surface area (Å²) in [6, 6.07) is 9.93. The molecule has 1 aromatic carbocycles. The maximum absolute atomic E-state index is 12.6. The molecule has 3 rings (SSSR count). The Morgan fingerprint density at radius 1 is 1.32 bits per heavy atom. The lowest BCUT2D eigenvalue weighted by Crippen LogP contribution is -2.39. The summed E-state index contributed by atoms with van der Waals surface area (Å²) in [4.78, 5) is 22.9. The number of aromatic nitrogens is 2. The molecule has 1 atom stereocenters. The first-order valence-electron chi connectivity index (χ1n) is 8.73. The first-order valence-corrected chi connectivity index (χ1v) is 8.73. The number of carbonyl (C=O) groups excluding carboxylic acids is 1. The van der Waals surface area contributed by atoms with Crippen molar-refractivity contribution in [3.05, 3.63) is 53.6 Å². The Kier molecular flexibility index (Phi) is 5.48. The number of hydrogen-bond donors (Lipinski definition) is 1.